The molecule has 1 fully saturated rings. The minimum atomic E-state index is -0.106. The maximum atomic E-state index is 13.0. The van der Waals surface area contributed by atoms with Crippen molar-refractivity contribution in [2.24, 2.45) is 0 Å². The third-order valence-electron chi connectivity index (χ3n) is 5.59. The summed E-state index contributed by atoms with van der Waals surface area (Å²) in [6, 6.07) is 16.1. The molecule has 0 spiro atoms. The number of thiazole rings is 1. The van der Waals surface area contributed by atoms with Gasteiger partial charge in [0.25, 0.3) is 0 Å². The molecule has 1 aromatic heterocycles. The monoisotopic (exact) mass is 445 g/mol. The Balaban J connectivity index is 1.50. The van der Waals surface area contributed by atoms with Crippen molar-refractivity contribution < 1.29 is 9.59 Å². The largest absolute Gasteiger partial charge is 0.332 e. The van der Waals surface area contributed by atoms with Gasteiger partial charge in [-0.1, -0.05) is 47.5 Å². The number of anilines is 2. The summed E-state index contributed by atoms with van der Waals surface area (Å²) in [5.74, 6) is -0.113. The average molecular weight is 446 g/mol. The summed E-state index contributed by atoms with van der Waals surface area (Å²) in [5.41, 5.74) is 5.09. The molecule has 0 aliphatic carbocycles. The molecule has 5 nitrogen and oxygen atoms in total. The van der Waals surface area contributed by atoms with Gasteiger partial charge < -0.3 is 4.90 Å². The van der Waals surface area contributed by atoms with Crippen LogP contribution < -0.4 is 4.90 Å². The van der Waals surface area contributed by atoms with Crippen LogP contribution in [0.3, 0.4) is 0 Å². The van der Waals surface area contributed by atoms with Crippen molar-refractivity contribution >= 4 is 40.0 Å². The number of benzene rings is 2. The molecule has 1 aliphatic heterocycles. The Labute approximate surface area is 193 Å². The first-order valence-corrected chi connectivity index (χ1v) is 11.7. The maximum Gasteiger partial charge on any atom is 0.247 e. The molecular formula is C26H27N3O2S. The molecule has 1 saturated heterocycles. The fourth-order valence-electron chi connectivity index (χ4n) is 4.29. The molecule has 2 heterocycles. The van der Waals surface area contributed by atoms with Gasteiger partial charge in [-0.15, -0.1) is 11.3 Å². The lowest BCUT2D eigenvalue weighted by Crippen LogP contribution is -2.29. The molecule has 0 bridgehead atoms. The molecule has 3 aromatic rings. The van der Waals surface area contributed by atoms with Gasteiger partial charge in [-0.25, -0.2) is 4.98 Å². The van der Waals surface area contributed by atoms with Crippen LogP contribution in [0.2, 0.25) is 0 Å². The highest BCUT2D eigenvalue weighted by molar-refractivity contribution is 7.14. The summed E-state index contributed by atoms with van der Waals surface area (Å²) in [4.78, 5) is 33.3. The Morgan fingerprint density at radius 3 is 2.53 bits per heavy atom. The van der Waals surface area contributed by atoms with Crippen molar-refractivity contribution in [1.82, 2.24) is 9.88 Å². The number of carbonyl (C=O) groups excluding carboxylic acids is 2. The molecule has 2 amide bonds. The van der Waals surface area contributed by atoms with E-state index in [2.05, 4.69) is 37.0 Å². The average Bonchev–Trinajstić information content (AvgIpc) is 3.42. The van der Waals surface area contributed by atoms with Crippen molar-refractivity contribution in [1.29, 1.82) is 0 Å². The molecule has 6 heteroatoms. The molecule has 0 N–H and O–H groups in total. The van der Waals surface area contributed by atoms with Crippen LogP contribution in [0.25, 0.3) is 6.08 Å². The number of likely N-dealkylation sites (tertiary alicyclic amines) is 1. The topological polar surface area (TPSA) is 53.5 Å². The number of aryl methyl sites for hydroxylation is 2. The van der Waals surface area contributed by atoms with Gasteiger partial charge in [0.05, 0.1) is 17.4 Å². The van der Waals surface area contributed by atoms with Crippen LogP contribution in [0, 0.1) is 13.8 Å². The Kier molecular flexibility index (Phi) is 6.51. The minimum Gasteiger partial charge on any atom is -0.332 e. The van der Waals surface area contributed by atoms with Crippen LogP contribution >= 0.6 is 11.3 Å². The number of aromatic nitrogens is 1. The van der Waals surface area contributed by atoms with E-state index in [0.717, 1.165) is 25.1 Å². The number of nitrogens with zero attached hydrogens (tertiary/aromatic N) is 3. The van der Waals surface area contributed by atoms with Gasteiger partial charge in [0, 0.05) is 24.9 Å². The smallest absolute Gasteiger partial charge is 0.247 e. The van der Waals surface area contributed by atoms with Crippen molar-refractivity contribution in [3.05, 3.63) is 82.4 Å². The molecule has 164 valence electrons. The summed E-state index contributed by atoms with van der Waals surface area (Å²) < 4.78 is 0. The summed E-state index contributed by atoms with van der Waals surface area (Å²) in [6.07, 6.45) is 5.32. The van der Waals surface area contributed by atoms with E-state index in [1.165, 1.54) is 35.0 Å². The number of hydrogen-bond donors (Lipinski definition) is 0. The Morgan fingerprint density at radius 2 is 1.84 bits per heavy atom. The Hall–Kier alpha value is -3.25. The molecule has 2 aromatic carbocycles. The van der Waals surface area contributed by atoms with E-state index >= 15 is 0 Å². The van der Waals surface area contributed by atoms with Gasteiger partial charge in [0.1, 0.15) is 0 Å². The summed E-state index contributed by atoms with van der Waals surface area (Å²) >= 11 is 1.38. The quantitative estimate of drug-likeness (QED) is 0.465. The summed E-state index contributed by atoms with van der Waals surface area (Å²) in [7, 11) is 0. The molecule has 0 saturated carbocycles. The normalized spacial score (nSPS) is 16.0. The summed E-state index contributed by atoms with van der Waals surface area (Å²) in [5, 5.41) is 2.45. The predicted octanol–water partition coefficient (Wildman–Crippen LogP) is 5.82. The van der Waals surface area contributed by atoms with Gasteiger partial charge in [0.15, 0.2) is 5.13 Å². The second kappa shape index (κ2) is 9.49. The summed E-state index contributed by atoms with van der Waals surface area (Å²) in [6.45, 7) is 6.47. The first-order valence-electron chi connectivity index (χ1n) is 10.8. The van der Waals surface area contributed by atoms with E-state index in [0.29, 0.717) is 10.8 Å². The van der Waals surface area contributed by atoms with Gasteiger partial charge in [0.2, 0.25) is 11.8 Å². The molecule has 32 heavy (non-hydrogen) atoms. The number of amides is 2. The maximum absolute atomic E-state index is 13.0. The van der Waals surface area contributed by atoms with E-state index in [4.69, 9.17) is 0 Å². The molecular weight excluding hydrogens is 418 g/mol. The Bertz CT molecular complexity index is 1130. The number of para-hydroxylation sites is 1. The molecule has 0 radical (unpaired) electrons. The minimum absolute atomic E-state index is 0.00677. The van der Waals surface area contributed by atoms with Crippen molar-refractivity contribution in [2.45, 2.75) is 39.7 Å². The zero-order valence-corrected chi connectivity index (χ0v) is 19.4. The van der Waals surface area contributed by atoms with E-state index < -0.39 is 0 Å². The fraction of sp³-hybridized carbons (Fsp3) is 0.269. The van der Waals surface area contributed by atoms with Crippen LogP contribution in [0.1, 0.15) is 48.2 Å². The van der Waals surface area contributed by atoms with Crippen LogP contribution in [0.4, 0.5) is 10.8 Å². The van der Waals surface area contributed by atoms with E-state index in [9.17, 15) is 9.59 Å². The molecule has 1 atom stereocenters. The Morgan fingerprint density at radius 1 is 1.12 bits per heavy atom. The van der Waals surface area contributed by atoms with Crippen molar-refractivity contribution in [3.63, 3.8) is 0 Å². The van der Waals surface area contributed by atoms with Gasteiger partial charge in [-0.05, 0) is 50.5 Å². The van der Waals surface area contributed by atoms with Gasteiger partial charge >= 0.3 is 0 Å². The first kappa shape index (κ1) is 22.0. The van der Waals surface area contributed by atoms with Crippen LogP contribution in [-0.2, 0) is 9.59 Å². The van der Waals surface area contributed by atoms with Crippen LogP contribution in [0.15, 0.2) is 60.0 Å². The lowest BCUT2D eigenvalue weighted by atomic mass is 9.99. The van der Waals surface area contributed by atoms with Gasteiger partial charge in [-0.2, -0.15) is 0 Å². The highest BCUT2D eigenvalue weighted by Crippen LogP contribution is 2.33. The third kappa shape index (κ3) is 4.81. The number of rotatable bonds is 5. The standard InChI is InChI=1S/C26H27N3O2S/c1-18-14-19(2)16-21(15-18)24-10-7-13-28(24)25(31)12-11-22-17-32-26(27-22)29(20(3)30)23-8-5-4-6-9-23/h4-6,8-9,11-12,14-17,24H,7,10,13H2,1-3H3. The first-order chi connectivity index (χ1) is 15.4. The van der Waals surface area contributed by atoms with E-state index in [1.807, 2.05) is 40.6 Å². The highest BCUT2D eigenvalue weighted by Gasteiger charge is 2.29. The van der Waals surface area contributed by atoms with E-state index in [1.54, 1.807) is 17.1 Å². The molecule has 4 rings (SSSR count). The number of carbonyl (C=O) groups is 2. The van der Waals surface area contributed by atoms with Gasteiger partial charge in [-0.3, -0.25) is 14.5 Å². The predicted molar refractivity (Wildman–Crippen MR) is 130 cm³/mol. The van der Waals surface area contributed by atoms with Crippen molar-refractivity contribution in [2.75, 3.05) is 11.4 Å². The second-order valence-electron chi connectivity index (χ2n) is 8.19. The molecule has 1 aliphatic rings. The SMILES string of the molecule is CC(=O)N(c1ccccc1)c1nc(C=CC(=O)N2CCCC2c2cc(C)cc(C)c2)cs1. The van der Waals surface area contributed by atoms with Crippen LogP contribution in [0.5, 0.6) is 0 Å². The lowest BCUT2D eigenvalue weighted by Gasteiger charge is -2.24. The molecule has 1 unspecified atom stereocenters. The lowest BCUT2D eigenvalue weighted by molar-refractivity contribution is -0.126. The van der Waals surface area contributed by atoms with Crippen molar-refractivity contribution in [3.8, 4) is 0 Å². The number of hydrogen-bond acceptors (Lipinski definition) is 4. The highest BCUT2D eigenvalue weighted by atomic mass is 32.1. The van der Waals surface area contributed by atoms with Crippen LogP contribution in [-0.4, -0.2) is 28.2 Å². The third-order valence-corrected chi connectivity index (χ3v) is 6.44. The van der Waals surface area contributed by atoms with E-state index in [-0.39, 0.29) is 17.9 Å². The second-order valence-corrected chi connectivity index (χ2v) is 9.03. The zero-order valence-electron chi connectivity index (χ0n) is 18.6. The zero-order chi connectivity index (χ0) is 22.7. The fourth-order valence-corrected chi connectivity index (χ4v) is 5.15.